The molecule has 0 aliphatic rings. The van der Waals surface area contributed by atoms with Crippen LogP contribution in [0.15, 0.2) is 42.6 Å². The quantitative estimate of drug-likeness (QED) is 0.838. The molecule has 1 N–H and O–H groups in total. The first-order valence-corrected chi connectivity index (χ1v) is 5.03. The van der Waals surface area contributed by atoms with Crippen LogP contribution in [0.1, 0.15) is 22.9 Å². The first kappa shape index (κ1) is 10.8. The molecule has 1 unspecified atom stereocenters. The predicted molar refractivity (Wildman–Crippen MR) is 59.4 cm³/mol. The highest BCUT2D eigenvalue weighted by Gasteiger charge is 2.15. The lowest BCUT2D eigenvalue weighted by Gasteiger charge is -2.11. The van der Waals surface area contributed by atoms with Crippen LogP contribution >= 0.6 is 0 Å². The fourth-order valence-corrected chi connectivity index (χ4v) is 1.50. The normalized spacial score (nSPS) is 12.4. The topological polar surface area (TPSA) is 33.1 Å². The fraction of sp³-hybridized carbons (Fsp3) is 0.154. The highest BCUT2D eigenvalue weighted by Crippen LogP contribution is 2.22. The van der Waals surface area contributed by atoms with Crippen molar-refractivity contribution < 1.29 is 9.50 Å². The molecule has 1 heterocycles. The highest BCUT2D eigenvalue weighted by atomic mass is 19.1. The van der Waals surface area contributed by atoms with Crippen molar-refractivity contribution in [1.82, 2.24) is 4.98 Å². The molecular formula is C13H12FNO. The molecule has 0 amide bonds. The average molecular weight is 217 g/mol. The molecule has 0 saturated heterocycles. The fourth-order valence-electron chi connectivity index (χ4n) is 1.50. The number of pyridine rings is 1. The monoisotopic (exact) mass is 217 g/mol. The van der Waals surface area contributed by atoms with E-state index >= 15 is 0 Å². The zero-order valence-electron chi connectivity index (χ0n) is 8.89. The minimum atomic E-state index is -1.01. The number of aromatic nitrogens is 1. The molecule has 1 aromatic heterocycles. The molecule has 0 spiro atoms. The Balaban J connectivity index is 2.35. The molecule has 2 nitrogen and oxygen atoms in total. The lowest BCUT2D eigenvalue weighted by Crippen LogP contribution is -2.04. The van der Waals surface area contributed by atoms with Crippen LogP contribution in [-0.4, -0.2) is 10.1 Å². The van der Waals surface area contributed by atoms with Crippen molar-refractivity contribution in [3.8, 4) is 0 Å². The molecule has 0 radical (unpaired) electrons. The first-order valence-electron chi connectivity index (χ1n) is 5.03. The van der Waals surface area contributed by atoms with E-state index in [-0.39, 0.29) is 5.56 Å². The van der Waals surface area contributed by atoms with E-state index in [1.807, 2.05) is 13.0 Å². The molecule has 2 rings (SSSR count). The van der Waals surface area contributed by atoms with Gasteiger partial charge in [-0.25, -0.2) is 4.39 Å². The van der Waals surface area contributed by atoms with Crippen molar-refractivity contribution >= 4 is 0 Å². The van der Waals surface area contributed by atoms with Crippen LogP contribution in [0.25, 0.3) is 0 Å². The van der Waals surface area contributed by atoms with E-state index in [2.05, 4.69) is 4.98 Å². The smallest absolute Gasteiger partial charge is 0.129 e. The molecule has 0 bridgehead atoms. The Labute approximate surface area is 93.4 Å². The molecule has 1 atom stereocenters. The number of aliphatic hydroxyl groups is 1. The van der Waals surface area contributed by atoms with E-state index in [9.17, 15) is 9.50 Å². The molecular weight excluding hydrogens is 205 g/mol. The maximum absolute atomic E-state index is 13.4. The Kier molecular flexibility index (Phi) is 2.97. The predicted octanol–water partition coefficient (Wildman–Crippen LogP) is 2.61. The van der Waals surface area contributed by atoms with Crippen molar-refractivity contribution in [2.24, 2.45) is 0 Å². The van der Waals surface area contributed by atoms with Gasteiger partial charge >= 0.3 is 0 Å². The number of halogens is 1. The summed E-state index contributed by atoms with van der Waals surface area (Å²) in [7, 11) is 0. The van der Waals surface area contributed by atoms with Gasteiger partial charge in [0.1, 0.15) is 11.9 Å². The van der Waals surface area contributed by atoms with Crippen LogP contribution in [0.5, 0.6) is 0 Å². The van der Waals surface area contributed by atoms with Crippen molar-refractivity contribution in [2.75, 3.05) is 0 Å². The number of hydrogen-bond acceptors (Lipinski definition) is 2. The Morgan fingerprint density at radius 3 is 2.56 bits per heavy atom. The van der Waals surface area contributed by atoms with E-state index in [4.69, 9.17) is 0 Å². The summed E-state index contributed by atoms with van der Waals surface area (Å²) in [6, 6.07) is 9.71. The van der Waals surface area contributed by atoms with Crippen LogP contribution in [-0.2, 0) is 0 Å². The standard InChI is InChI=1S/C13H12FNO/c1-9-6-7-12(15-8-9)13(16)10-4-2-3-5-11(10)14/h2-8,13,16H,1H3. The van der Waals surface area contributed by atoms with E-state index in [1.54, 1.807) is 30.5 Å². The molecule has 1 aromatic carbocycles. The largest absolute Gasteiger partial charge is 0.382 e. The van der Waals surface area contributed by atoms with Crippen molar-refractivity contribution in [1.29, 1.82) is 0 Å². The van der Waals surface area contributed by atoms with Gasteiger partial charge < -0.3 is 5.11 Å². The molecule has 2 aromatic rings. The van der Waals surface area contributed by atoms with Crippen LogP contribution in [0.4, 0.5) is 4.39 Å². The first-order chi connectivity index (χ1) is 7.68. The summed E-state index contributed by atoms with van der Waals surface area (Å²) in [6.45, 7) is 1.91. The summed E-state index contributed by atoms with van der Waals surface area (Å²) in [5.74, 6) is -0.419. The second-order valence-electron chi connectivity index (χ2n) is 3.68. The number of hydrogen-bond donors (Lipinski definition) is 1. The summed E-state index contributed by atoms with van der Waals surface area (Å²) in [5, 5.41) is 9.96. The number of benzene rings is 1. The number of aryl methyl sites for hydroxylation is 1. The number of rotatable bonds is 2. The molecule has 0 aliphatic carbocycles. The van der Waals surface area contributed by atoms with Gasteiger partial charge in [-0.1, -0.05) is 24.3 Å². The third kappa shape index (κ3) is 2.09. The van der Waals surface area contributed by atoms with Gasteiger partial charge in [-0.15, -0.1) is 0 Å². The summed E-state index contributed by atoms with van der Waals surface area (Å²) in [6.07, 6.45) is 0.640. The molecule has 0 saturated carbocycles. The third-order valence-corrected chi connectivity index (χ3v) is 2.41. The summed E-state index contributed by atoms with van der Waals surface area (Å²) >= 11 is 0. The second kappa shape index (κ2) is 4.41. The lowest BCUT2D eigenvalue weighted by atomic mass is 10.1. The van der Waals surface area contributed by atoms with Gasteiger partial charge in [0.2, 0.25) is 0 Å². The van der Waals surface area contributed by atoms with Gasteiger partial charge in [0.05, 0.1) is 5.69 Å². The van der Waals surface area contributed by atoms with E-state index in [1.165, 1.54) is 6.07 Å². The third-order valence-electron chi connectivity index (χ3n) is 2.41. The van der Waals surface area contributed by atoms with E-state index in [0.29, 0.717) is 5.69 Å². The van der Waals surface area contributed by atoms with Gasteiger partial charge in [-0.2, -0.15) is 0 Å². The average Bonchev–Trinajstić information content (AvgIpc) is 2.30. The molecule has 3 heteroatoms. The molecule has 0 fully saturated rings. The second-order valence-corrected chi connectivity index (χ2v) is 3.68. The minimum absolute atomic E-state index is 0.249. The minimum Gasteiger partial charge on any atom is -0.382 e. The Morgan fingerprint density at radius 1 is 1.19 bits per heavy atom. The zero-order valence-corrected chi connectivity index (χ0v) is 8.89. The Bertz CT molecular complexity index is 482. The maximum Gasteiger partial charge on any atom is 0.129 e. The van der Waals surface area contributed by atoms with Gasteiger partial charge in [-0.05, 0) is 24.6 Å². The number of aliphatic hydroxyl groups excluding tert-OH is 1. The Morgan fingerprint density at radius 2 is 1.94 bits per heavy atom. The van der Waals surface area contributed by atoms with E-state index in [0.717, 1.165) is 5.56 Å². The lowest BCUT2D eigenvalue weighted by molar-refractivity contribution is 0.210. The summed E-state index contributed by atoms with van der Waals surface area (Å²) in [4.78, 5) is 4.08. The van der Waals surface area contributed by atoms with Crippen molar-refractivity contribution in [3.05, 3.63) is 65.2 Å². The van der Waals surface area contributed by atoms with Crippen LogP contribution < -0.4 is 0 Å². The van der Waals surface area contributed by atoms with Gasteiger partial charge in [0.25, 0.3) is 0 Å². The zero-order chi connectivity index (χ0) is 11.5. The van der Waals surface area contributed by atoms with Crippen molar-refractivity contribution in [2.45, 2.75) is 13.0 Å². The Hall–Kier alpha value is -1.74. The van der Waals surface area contributed by atoms with Crippen molar-refractivity contribution in [3.63, 3.8) is 0 Å². The molecule has 16 heavy (non-hydrogen) atoms. The highest BCUT2D eigenvalue weighted by molar-refractivity contribution is 5.27. The molecule has 82 valence electrons. The molecule has 0 aliphatic heterocycles. The summed E-state index contributed by atoms with van der Waals surface area (Å²) in [5.41, 5.74) is 1.71. The maximum atomic E-state index is 13.4. The summed E-state index contributed by atoms with van der Waals surface area (Å²) < 4.78 is 13.4. The van der Waals surface area contributed by atoms with Crippen LogP contribution in [0, 0.1) is 12.7 Å². The van der Waals surface area contributed by atoms with Gasteiger partial charge in [0, 0.05) is 11.8 Å². The van der Waals surface area contributed by atoms with Gasteiger partial charge in [-0.3, -0.25) is 4.98 Å². The van der Waals surface area contributed by atoms with E-state index < -0.39 is 11.9 Å². The van der Waals surface area contributed by atoms with Crippen LogP contribution in [0.2, 0.25) is 0 Å². The van der Waals surface area contributed by atoms with Gasteiger partial charge in [0.15, 0.2) is 0 Å². The SMILES string of the molecule is Cc1ccc(C(O)c2ccccc2F)nc1. The number of nitrogens with zero attached hydrogens (tertiary/aromatic N) is 1. The van der Waals surface area contributed by atoms with Crippen LogP contribution in [0.3, 0.4) is 0 Å².